The number of hydrogen-bond donors (Lipinski definition) is 0. The number of carbonyl (C=O) groups is 2. The third-order valence-corrected chi connectivity index (χ3v) is 6.28. The summed E-state index contributed by atoms with van der Waals surface area (Å²) in [6.07, 6.45) is 1.71. The number of ketones is 1. The van der Waals surface area contributed by atoms with Gasteiger partial charge >= 0.3 is 5.97 Å². The maximum Gasteiger partial charge on any atom is 0.312 e. The summed E-state index contributed by atoms with van der Waals surface area (Å²) in [7, 11) is 6.14. The standard InChI is InChI=1S/C28H24O8/c1-31-19-8-6-5-7-16(19)18-14-24(29)35-20-10-9-17-26(30)21(36-27(17)25(18)20)11-15-12-22(32-2)28(34-4)23(13-15)33-3/h5-13,18H,14H2,1-4H3/b21-11-/t18-/m0/s1. The van der Waals surface area contributed by atoms with Crippen molar-refractivity contribution in [3.05, 3.63) is 76.5 Å². The maximum absolute atomic E-state index is 13.3. The number of fused-ring (bicyclic) bond motifs is 3. The van der Waals surface area contributed by atoms with Crippen LogP contribution in [0.25, 0.3) is 6.08 Å². The highest BCUT2D eigenvalue weighted by molar-refractivity contribution is 6.15. The van der Waals surface area contributed by atoms with Crippen molar-refractivity contribution in [1.29, 1.82) is 0 Å². The molecule has 0 spiro atoms. The molecule has 0 aromatic heterocycles. The molecule has 3 aromatic carbocycles. The van der Waals surface area contributed by atoms with Crippen molar-refractivity contribution in [3.63, 3.8) is 0 Å². The Bertz CT molecular complexity index is 1380. The molecule has 0 fully saturated rings. The van der Waals surface area contributed by atoms with Crippen molar-refractivity contribution in [1.82, 2.24) is 0 Å². The third kappa shape index (κ3) is 3.80. The van der Waals surface area contributed by atoms with Gasteiger partial charge < -0.3 is 28.4 Å². The molecule has 8 heteroatoms. The molecule has 36 heavy (non-hydrogen) atoms. The van der Waals surface area contributed by atoms with Gasteiger partial charge in [-0.15, -0.1) is 0 Å². The molecule has 0 amide bonds. The minimum atomic E-state index is -0.402. The van der Waals surface area contributed by atoms with Gasteiger partial charge in [0.25, 0.3) is 0 Å². The molecule has 1 atom stereocenters. The van der Waals surface area contributed by atoms with E-state index in [4.69, 9.17) is 28.4 Å². The summed E-state index contributed by atoms with van der Waals surface area (Å²) in [5.41, 5.74) is 2.47. The van der Waals surface area contributed by atoms with Crippen molar-refractivity contribution < 1.29 is 38.0 Å². The number of hydrogen-bond acceptors (Lipinski definition) is 8. The lowest BCUT2D eigenvalue weighted by molar-refractivity contribution is -0.135. The van der Waals surface area contributed by atoms with E-state index < -0.39 is 5.92 Å². The molecule has 8 nitrogen and oxygen atoms in total. The molecule has 2 aliphatic heterocycles. The van der Waals surface area contributed by atoms with E-state index in [1.807, 2.05) is 24.3 Å². The van der Waals surface area contributed by atoms with Gasteiger partial charge in [-0.1, -0.05) is 18.2 Å². The predicted molar refractivity (Wildman–Crippen MR) is 131 cm³/mol. The van der Waals surface area contributed by atoms with Gasteiger partial charge in [-0.3, -0.25) is 9.59 Å². The molecule has 3 aromatic rings. The fourth-order valence-electron chi connectivity index (χ4n) is 4.66. The van der Waals surface area contributed by atoms with E-state index in [-0.39, 0.29) is 23.9 Å². The number of ether oxygens (including phenoxy) is 6. The van der Waals surface area contributed by atoms with E-state index in [9.17, 15) is 9.59 Å². The van der Waals surface area contributed by atoms with E-state index in [0.717, 1.165) is 5.56 Å². The van der Waals surface area contributed by atoms with Crippen molar-refractivity contribution in [2.24, 2.45) is 0 Å². The summed E-state index contributed by atoms with van der Waals surface area (Å²) < 4.78 is 33.4. The second-order valence-corrected chi connectivity index (χ2v) is 8.23. The highest BCUT2D eigenvalue weighted by atomic mass is 16.5. The molecule has 5 rings (SSSR count). The van der Waals surface area contributed by atoms with E-state index in [2.05, 4.69) is 0 Å². The van der Waals surface area contributed by atoms with Gasteiger partial charge in [-0.25, -0.2) is 0 Å². The number of para-hydroxylation sites is 1. The lowest BCUT2D eigenvalue weighted by Crippen LogP contribution is -2.22. The summed E-state index contributed by atoms with van der Waals surface area (Å²) >= 11 is 0. The molecule has 0 saturated heterocycles. The Kier molecular flexibility index (Phi) is 6.01. The zero-order chi connectivity index (χ0) is 25.4. The molecule has 0 aliphatic carbocycles. The number of allylic oxidation sites excluding steroid dienone is 1. The lowest BCUT2D eigenvalue weighted by Gasteiger charge is -2.27. The second-order valence-electron chi connectivity index (χ2n) is 8.23. The summed E-state index contributed by atoms with van der Waals surface area (Å²) in [6.45, 7) is 0. The van der Waals surface area contributed by atoms with Crippen molar-refractivity contribution in [2.75, 3.05) is 28.4 Å². The number of esters is 1. The Morgan fingerprint density at radius 2 is 1.53 bits per heavy atom. The molecule has 184 valence electrons. The number of rotatable bonds is 6. The van der Waals surface area contributed by atoms with Crippen LogP contribution < -0.4 is 28.4 Å². The average Bonchev–Trinajstić information content (AvgIpc) is 3.22. The van der Waals surface area contributed by atoms with E-state index in [1.165, 1.54) is 21.3 Å². The number of Topliss-reactive ketones (excluding diaryl/α,β-unsaturated/α-hetero) is 1. The first-order valence-electron chi connectivity index (χ1n) is 11.2. The Morgan fingerprint density at radius 3 is 2.19 bits per heavy atom. The minimum Gasteiger partial charge on any atom is -0.496 e. The van der Waals surface area contributed by atoms with Gasteiger partial charge in [0, 0.05) is 17.0 Å². The smallest absolute Gasteiger partial charge is 0.312 e. The van der Waals surface area contributed by atoms with Gasteiger partial charge in [0.2, 0.25) is 11.5 Å². The third-order valence-electron chi connectivity index (χ3n) is 6.28. The molecule has 0 unspecified atom stereocenters. The van der Waals surface area contributed by atoms with Crippen molar-refractivity contribution in [2.45, 2.75) is 12.3 Å². The van der Waals surface area contributed by atoms with Crippen LogP contribution in [0.4, 0.5) is 0 Å². The van der Waals surface area contributed by atoms with Crippen LogP contribution in [0, 0.1) is 0 Å². The predicted octanol–water partition coefficient (Wildman–Crippen LogP) is 4.78. The average molecular weight is 488 g/mol. The van der Waals surface area contributed by atoms with Crippen molar-refractivity contribution >= 4 is 17.8 Å². The summed E-state index contributed by atoms with van der Waals surface area (Å²) in [5.74, 6) is 1.80. The molecule has 0 bridgehead atoms. The summed E-state index contributed by atoms with van der Waals surface area (Å²) in [5, 5.41) is 0. The Hall–Kier alpha value is -4.46. The largest absolute Gasteiger partial charge is 0.496 e. The molecule has 0 N–H and O–H groups in total. The Morgan fingerprint density at radius 1 is 0.833 bits per heavy atom. The van der Waals surface area contributed by atoms with Crippen LogP contribution >= 0.6 is 0 Å². The zero-order valence-corrected chi connectivity index (χ0v) is 20.2. The molecular formula is C28H24O8. The first-order chi connectivity index (χ1) is 17.5. The highest BCUT2D eigenvalue weighted by Gasteiger charge is 2.39. The number of benzene rings is 3. The first kappa shape index (κ1) is 23.3. The van der Waals surface area contributed by atoms with Gasteiger partial charge in [0.15, 0.2) is 17.3 Å². The van der Waals surface area contributed by atoms with Gasteiger partial charge in [-0.2, -0.15) is 0 Å². The SMILES string of the molecule is COc1ccccc1[C@@H]1CC(=O)Oc2ccc3c(c21)O/C(=C\c1cc(OC)c(OC)c(OC)c1)C3=O. The highest BCUT2D eigenvalue weighted by Crippen LogP contribution is 2.50. The van der Waals surface area contributed by atoms with Crippen LogP contribution in [-0.4, -0.2) is 40.2 Å². The second kappa shape index (κ2) is 9.30. The normalized spacial score (nSPS) is 17.1. The van der Waals surface area contributed by atoms with E-state index in [1.54, 1.807) is 37.5 Å². The first-order valence-corrected chi connectivity index (χ1v) is 11.2. The quantitative estimate of drug-likeness (QED) is 0.278. The van der Waals surface area contributed by atoms with E-state index >= 15 is 0 Å². The van der Waals surface area contributed by atoms with Crippen LogP contribution in [0.3, 0.4) is 0 Å². The molecule has 2 heterocycles. The van der Waals surface area contributed by atoms with Crippen LogP contribution in [-0.2, 0) is 4.79 Å². The molecular weight excluding hydrogens is 464 g/mol. The number of carbonyl (C=O) groups excluding carboxylic acids is 2. The van der Waals surface area contributed by atoms with Crippen LogP contribution in [0.15, 0.2) is 54.3 Å². The number of methoxy groups -OCH3 is 4. The van der Waals surface area contributed by atoms with Crippen LogP contribution in [0.2, 0.25) is 0 Å². The Labute approximate surface area is 207 Å². The molecule has 0 radical (unpaired) electrons. The molecule has 2 aliphatic rings. The molecule has 0 saturated carbocycles. The van der Waals surface area contributed by atoms with Crippen molar-refractivity contribution in [3.8, 4) is 34.5 Å². The van der Waals surface area contributed by atoms with Crippen LogP contribution in [0.5, 0.6) is 34.5 Å². The van der Waals surface area contributed by atoms with E-state index in [0.29, 0.717) is 51.2 Å². The minimum absolute atomic E-state index is 0.0906. The van der Waals surface area contributed by atoms with Crippen LogP contribution in [0.1, 0.15) is 39.4 Å². The summed E-state index contributed by atoms with van der Waals surface area (Å²) in [4.78, 5) is 25.8. The fourth-order valence-corrected chi connectivity index (χ4v) is 4.66. The topological polar surface area (TPSA) is 89.5 Å². The van der Waals surface area contributed by atoms with Gasteiger partial charge in [-0.05, 0) is 42.0 Å². The summed E-state index contributed by atoms with van der Waals surface area (Å²) in [6, 6.07) is 14.2. The van der Waals surface area contributed by atoms with Gasteiger partial charge in [0.05, 0.1) is 40.4 Å². The van der Waals surface area contributed by atoms with Gasteiger partial charge in [0.1, 0.15) is 17.2 Å². The zero-order valence-electron chi connectivity index (χ0n) is 20.2. The Balaban J connectivity index is 1.61. The maximum atomic E-state index is 13.3. The fraction of sp³-hybridized carbons (Fsp3) is 0.214. The lowest BCUT2D eigenvalue weighted by atomic mass is 9.84. The monoisotopic (exact) mass is 488 g/mol.